The number of aromatic nitrogens is 1. The number of piperazine rings is 1. The van der Waals surface area contributed by atoms with Gasteiger partial charge in [0.25, 0.3) is 0 Å². The Hall–Kier alpha value is -3.35. The number of hydrogen-bond acceptors (Lipinski definition) is 3. The molecule has 35 heavy (non-hydrogen) atoms. The number of halogens is 1. The van der Waals surface area contributed by atoms with Crippen molar-refractivity contribution in [1.82, 2.24) is 10.3 Å². The highest BCUT2D eigenvalue weighted by molar-refractivity contribution is 5.85. The summed E-state index contributed by atoms with van der Waals surface area (Å²) in [4.78, 5) is 7.34. The molecule has 0 saturated carbocycles. The number of fused-ring (bicyclic) bond motifs is 3. The maximum Gasteiger partial charge on any atom is 0.146 e. The predicted molar refractivity (Wildman–Crippen MR) is 138 cm³/mol. The molecule has 4 aromatic rings. The second-order valence-corrected chi connectivity index (χ2v) is 9.64. The summed E-state index contributed by atoms with van der Waals surface area (Å²) in [5.41, 5.74) is 7.11. The average Bonchev–Trinajstić information content (AvgIpc) is 3.28. The van der Waals surface area contributed by atoms with Gasteiger partial charge in [0.1, 0.15) is 18.1 Å². The Morgan fingerprint density at radius 3 is 2.66 bits per heavy atom. The van der Waals surface area contributed by atoms with Crippen LogP contribution in [-0.2, 0) is 13.0 Å². The van der Waals surface area contributed by atoms with E-state index in [-0.39, 0.29) is 11.9 Å². The highest BCUT2D eigenvalue weighted by Gasteiger charge is 2.27. The quantitative estimate of drug-likeness (QED) is 0.418. The number of nitrogens with one attached hydrogen (secondary N) is 3. The van der Waals surface area contributed by atoms with E-state index >= 15 is 0 Å². The molecule has 0 radical (unpaired) electrons. The first-order chi connectivity index (χ1) is 17.2. The summed E-state index contributed by atoms with van der Waals surface area (Å²) in [5.74, 6) is 0.798. The van der Waals surface area contributed by atoms with Crippen LogP contribution in [0.4, 0.5) is 10.1 Å². The van der Waals surface area contributed by atoms with E-state index < -0.39 is 0 Å². The number of methoxy groups -OCH3 is 1. The number of anilines is 1. The first kappa shape index (κ1) is 22.1. The van der Waals surface area contributed by atoms with Gasteiger partial charge in [0.05, 0.1) is 45.0 Å². The van der Waals surface area contributed by atoms with Crippen molar-refractivity contribution in [2.24, 2.45) is 0 Å². The number of para-hydroxylation sites is 2. The first-order valence-electron chi connectivity index (χ1n) is 12.5. The lowest BCUT2D eigenvalue weighted by Crippen LogP contribution is -3.13. The third-order valence-electron chi connectivity index (χ3n) is 7.60. The highest BCUT2D eigenvalue weighted by Crippen LogP contribution is 2.34. The Balaban J connectivity index is 1.23. The monoisotopic (exact) mass is 471 g/mol. The van der Waals surface area contributed by atoms with Gasteiger partial charge in [-0.25, -0.2) is 4.39 Å². The van der Waals surface area contributed by atoms with E-state index in [1.54, 1.807) is 19.2 Å². The van der Waals surface area contributed by atoms with Gasteiger partial charge < -0.3 is 24.8 Å². The molecule has 0 aliphatic carbocycles. The number of ether oxygens (including phenoxy) is 1. The van der Waals surface area contributed by atoms with Crippen LogP contribution in [0.2, 0.25) is 0 Å². The molecule has 3 aromatic carbocycles. The molecule has 0 bridgehead atoms. The summed E-state index contributed by atoms with van der Waals surface area (Å²) >= 11 is 0. The van der Waals surface area contributed by atoms with Crippen LogP contribution in [-0.4, -0.2) is 44.8 Å². The topological polar surface area (TPSA) is 44.7 Å². The second-order valence-electron chi connectivity index (χ2n) is 9.64. The number of hydrogen-bond donors (Lipinski definition) is 3. The van der Waals surface area contributed by atoms with Gasteiger partial charge in [-0.05, 0) is 47.9 Å². The van der Waals surface area contributed by atoms with Crippen molar-refractivity contribution in [3.05, 3.63) is 94.9 Å². The maximum absolute atomic E-state index is 14.2. The van der Waals surface area contributed by atoms with Crippen LogP contribution < -0.4 is 19.9 Å². The first-order valence-corrected chi connectivity index (χ1v) is 12.5. The van der Waals surface area contributed by atoms with Crippen LogP contribution >= 0.6 is 0 Å². The molecular weight excluding hydrogens is 439 g/mol. The zero-order valence-electron chi connectivity index (χ0n) is 20.1. The summed E-state index contributed by atoms with van der Waals surface area (Å²) in [6, 6.07) is 22.4. The van der Waals surface area contributed by atoms with Crippen LogP contribution in [0.15, 0.2) is 66.7 Å². The standard InChI is InChI=1S/C29H31FN4O/c1-35-27-11-10-20(28-29-23(12-13-31-28)22-6-2-4-8-25(22)32-29)18-21(27)19-33-14-16-34(17-15-33)26-9-5-3-7-24(26)30/h2-11,18,28,31-32H,12-17,19H2,1H3/p+1. The van der Waals surface area contributed by atoms with Crippen LogP contribution in [0.1, 0.15) is 28.4 Å². The lowest BCUT2D eigenvalue weighted by Gasteiger charge is -2.34. The lowest BCUT2D eigenvalue weighted by molar-refractivity contribution is -0.914. The SMILES string of the molecule is COc1ccc(C2NCCc3c2[nH]c2ccccc32)cc1C[NH+]1CCN(c2ccccc2F)CC1. The van der Waals surface area contributed by atoms with Crippen molar-refractivity contribution in [3.8, 4) is 5.75 Å². The minimum Gasteiger partial charge on any atom is -0.496 e. The molecule has 1 fully saturated rings. The molecule has 6 rings (SSSR count). The zero-order valence-corrected chi connectivity index (χ0v) is 20.1. The molecular formula is C29H32FN4O+. The normalized spacial score (nSPS) is 18.6. The molecule has 6 heteroatoms. The number of quaternary nitrogens is 1. The Labute approximate surface area is 205 Å². The number of rotatable bonds is 5. The molecule has 2 aliphatic heterocycles. The van der Waals surface area contributed by atoms with Crippen LogP contribution in [0.3, 0.4) is 0 Å². The number of aromatic amines is 1. The molecule has 1 saturated heterocycles. The van der Waals surface area contributed by atoms with Gasteiger partial charge in [0.2, 0.25) is 0 Å². The second kappa shape index (κ2) is 9.36. The van der Waals surface area contributed by atoms with Crippen molar-refractivity contribution in [1.29, 1.82) is 0 Å². The van der Waals surface area contributed by atoms with Crippen LogP contribution in [0.25, 0.3) is 10.9 Å². The minimum atomic E-state index is -0.137. The van der Waals surface area contributed by atoms with E-state index in [1.165, 1.54) is 38.2 Å². The average molecular weight is 472 g/mol. The van der Waals surface area contributed by atoms with Crippen LogP contribution in [0.5, 0.6) is 5.75 Å². The smallest absolute Gasteiger partial charge is 0.146 e. The number of nitrogens with zero attached hydrogens (tertiary/aromatic N) is 1. The molecule has 5 nitrogen and oxygen atoms in total. The van der Waals surface area contributed by atoms with Gasteiger partial charge in [0, 0.05) is 28.7 Å². The van der Waals surface area contributed by atoms with Crippen molar-refractivity contribution < 1.29 is 14.0 Å². The van der Waals surface area contributed by atoms with E-state index in [9.17, 15) is 4.39 Å². The van der Waals surface area contributed by atoms with Crippen molar-refractivity contribution in [3.63, 3.8) is 0 Å². The van der Waals surface area contributed by atoms with Crippen LogP contribution in [0, 0.1) is 5.82 Å². The Morgan fingerprint density at radius 2 is 1.83 bits per heavy atom. The summed E-state index contributed by atoms with van der Waals surface area (Å²) in [6.07, 6.45) is 1.04. The van der Waals surface area contributed by atoms with E-state index in [4.69, 9.17) is 4.74 Å². The van der Waals surface area contributed by atoms with Gasteiger partial charge in [-0.2, -0.15) is 0 Å². The molecule has 3 N–H and O–H groups in total. The fourth-order valence-electron chi connectivity index (χ4n) is 5.80. The fraction of sp³-hybridized carbons (Fsp3) is 0.310. The zero-order chi connectivity index (χ0) is 23.8. The van der Waals surface area contributed by atoms with E-state index in [1.807, 2.05) is 12.1 Å². The summed E-state index contributed by atoms with van der Waals surface area (Å²) in [5, 5.41) is 5.06. The fourth-order valence-corrected chi connectivity index (χ4v) is 5.80. The van der Waals surface area contributed by atoms with Gasteiger partial charge in [-0.1, -0.05) is 36.4 Å². The van der Waals surface area contributed by atoms with Crippen molar-refractivity contribution >= 4 is 16.6 Å². The Bertz CT molecular complexity index is 1340. The molecule has 1 unspecified atom stereocenters. The molecule has 2 aliphatic rings. The molecule has 0 amide bonds. The summed E-state index contributed by atoms with van der Waals surface area (Å²) < 4.78 is 20.0. The molecule has 1 atom stereocenters. The van der Waals surface area contributed by atoms with E-state index in [0.717, 1.165) is 51.4 Å². The molecule has 3 heterocycles. The summed E-state index contributed by atoms with van der Waals surface area (Å²) in [6.45, 7) is 5.49. The molecule has 180 valence electrons. The van der Waals surface area contributed by atoms with Crippen molar-refractivity contribution in [2.75, 3.05) is 44.7 Å². The van der Waals surface area contributed by atoms with Gasteiger partial charge >= 0.3 is 0 Å². The lowest BCUT2D eigenvalue weighted by atomic mass is 9.93. The van der Waals surface area contributed by atoms with E-state index in [2.05, 4.69) is 57.7 Å². The number of H-pyrrole nitrogens is 1. The molecule has 0 spiro atoms. The van der Waals surface area contributed by atoms with Gasteiger partial charge in [-0.15, -0.1) is 0 Å². The van der Waals surface area contributed by atoms with E-state index in [0.29, 0.717) is 5.69 Å². The van der Waals surface area contributed by atoms with Gasteiger partial charge in [-0.3, -0.25) is 0 Å². The third kappa shape index (κ3) is 4.17. The predicted octanol–water partition coefficient (Wildman–Crippen LogP) is 3.46. The maximum atomic E-state index is 14.2. The third-order valence-corrected chi connectivity index (χ3v) is 7.60. The number of benzene rings is 3. The van der Waals surface area contributed by atoms with Gasteiger partial charge in [0.15, 0.2) is 0 Å². The molecule has 1 aromatic heterocycles. The summed E-state index contributed by atoms with van der Waals surface area (Å²) in [7, 11) is 1.75. The van der Waals surface area contributed by atoms with Crippen molar-refractivity contribution in [2.45, 2.75) is 19.0 Å². The highest BCUT2D eigenvalue weighted by atomic mass is 19.1. The Morgan fingerprint density at radius 1 is 1.03 bits per heavy atom. The Kier molecular flexibility index (Phi) is 5.92. The largest absolute Gasteiger partial charge is 0.496 e. The minimum absolute atomic E-state index is 0.137.